The number of nitrogens with zero attached hydrogens (tertiary/aromatic N) is 1. The van der Waals surface area contributed by atoms with Gasteiger partial charge in [-0.1, -0.05) is 0 Å². The van der Waals surface area contributed by atoms with Gasteiger partial charge in [-0.25, -0.2) is 9.37 Å². The van der Waals surface area contributed by atoms with Crippen molar-refractivity contribution in [2.45, 2.75) is 6.92 Å². The fraction of sp³-hybridized carbons (Fsp3) is 0.0769. The van der Waals surface area contributed by atoms with Crippen LogP contribution in [0.2, 0.25) is 0 Å². The third kappa shape index (κ3) is 3.29. The molecule has 0 fully saturated rings. The number of amides is 1. The van der Waals surface area contributed by atoms with Crippen LogP contribution < -0.4 is 11.1 Å². The quantitative estimate of drug-likeness (QED) is 0.892. The topological polar surface area (TPSA) is 68.0 Å². The summed E-state index contributed by atoms with van der Waals surface area (Å²) in [6, 6.07) is 7.14. The first-order valence-electron chi connectivity index (χ1n) is 5.46. The summed E-state index contributed by atoms with van der Waals surface area (Å²) in [6.45, 7) is 1.75. The van der Waals surface area contributed by atoms with E-state index in [-0.39, 0.29) is 17.5 Å². The molecule has 0 radical (unpaired) electrons. The highest BCUT2D eigenvalue weighted by atomic mass is 79.9. The third-order valence-electron chi connectivity index (χ3n) is 2.41. The van der Waals surface area contributed by atoms with Crippen molar-refractivity contribution in [1.82, 2.24) is 4.98 Å². The Bertz CT molecular complexity index is 626. The normalized spacial score (nSPS) is 10.3. The molecule has 2 aromatic rings. The average Bonchev–Trinajstić information content (AvgIpc) is 2.31. The fourth-order valence-corrected chi connectivity index (χ4v) is 2.06. The number of halogens is 2. The van der Waals surface area contributed by atoms with E-state index in [0.717, 1.165) is 0 Å². The molecule has 1 aromatic heterocycles. The lowest BCUT2D eigenvalue weighted by Gasteiger charge is -2.08. The molecule has 19 heavy (non-hydrogen) atoms. The van der Waals surface area contributed by atoms with E-state index in [1.807, 2.05) is 0 Å². The molecule has 3 N–H and O–H groups in total. The standard InChI is InChI=1S/C13H11BrFN3O/c1-7-4-8(5-12(16)17-7)13(19)18-11-3-2-9(15)6-10(11)14/h2-6H,1H3,(H2,16,17)(H,18,19). The Labute approximate surface area is 118 Å². The fourth-order valence-electron chi connectivity index (χ4n) is 1.61. The van der Waals surface area contributed by atoms with Gasteiger partial charge in [0, 0.05) is 15.7 Å². The molecule has 2 rings (SSSR count). The number of hydrogen-bond donors (Lipinski definition) is 2. The van der Waals surface area contributed by atoms with Crippen LogP contribution in [0.25, 0.3) is 0 Å². The number of nitrogens with two attached hydrogens (primary N) is 1. The van der Waals surface area contributed by atoms with Crippen LogP contribution in [-0.2, 0) is 0 Å². The summed E-state index contributed by atoms with van der Waals surface area (Å²) in [5, 5.41) is 2.67. The molecule has 0 saturated carbocycles. The van der Waals surface area contributed by atoms with Gasteiger partial charge in [0.25, 0.3) is 5.91 Å². The van der Waals surface area contributed by atoms with Crippen LogP contribution in [-0.4, -0.2) is 10.9 Å². The molecule has 1 aromatic carbocycles. The Hall–Kier alpha value is -1.95. The lowest BCUT2D eigenvalue weighted by molar-refractivity contribution is 0.102. The number of rotatable bonds is 2. The van der Waals surface area contributed by atoms with Gasteiger partial charge in [0.1, 0.15) is 11.6 Å². The number of nitrogens with one attached hydrogen (secondary N) is 1. The van der Waals surface area contributed by atoms with Crippen molar-refractivity contribution in [3.63, 3.8) is 0 Å². The van der Waals surface area contributed by atoms with E-state index in [4.69, 9.17) is 5.73 Å². The maximum Gasteiger partial charge on any atom is 0.255 e. The van der Waals surface area contributed by atoms with Crippen molar-refractivity contribution in [2.75, 3.05) is 11.1 Å². The van der Waals surface area contributed by atoms with Gasteiger partial charge in [0.2, 0.25) is 0 Å². The van der Waals surface area contributed by atoms with Crippen molar-refractivity contribution in [3.8, 4) is 0 Å². The van der Waals surface area contributed by atoms with E-state index in [9.17, 15) is 9.18 Å². The summed E-state index contributed by atoms with van der Waals surface area (Å²) in [7, 11) is 0. The van der Waals surface area contributed by atoms with Crippen molar-refractivity contribution in [2.24, 2.45) is 0 Å². The molecule has 0 atom stereocenters. The zero-order chi connectivity index (χ0) is 14.0. The van der Waals surface area contributed by atoms with E-state index < -0.39 is 0 Å². The van der Waals surface area contributed by atoms with Crippen LogP contribution in [0.4, 0.5) is 15.9 Å². The molecule has 0 aliphatic heterocycles. The predicted molar refractivity (Wildman–Crippen MR) is 75.4 cm³/mol. The summed E-state index contributed by atoms with van der Waals surface area (Å²) < 4.78 is 13.4. The minimum absolute atomic E-state index is 0.281. The Morgan fingerprint density at radius 2 is 2.11 bits per heavy atom. The largest absolute Gasteiger partial charge is 0.384 e. The van der Waals surface area contributed by atoms with E-state index >= 15 is 0 Å². The second-order valence-electron chi connectivity index (χ2n) is 4.00. The van der Waals surface area contributed by atoms with Gasteiger partial charge in [-0.2, -0.15) is 0 Å². The summed E-state index contributed by atoms with van der Waals surface area (Å²) in [5.74, 6) is -0.429. The van der Waals surface area contributed by atoms with Gasteiger partial charge >= 0.3 is 0 Å². The van der Waals surface area contributed by atoms with Crippen LogP contribution in [0.15, 0.2) is 34.8 Å². The van der Waals surface area contributed by atoms with Gasteiger partial charge in [-0.05, 0) is 53.2 Å². The summed E-state index contributed by atoms with van der Waals surface area (Å²) in [5.41, 5.74) is 7.14. The molecular formula is C13H11BrFN3O. The van der Waals surface area contributed by atoms with E-state index in [2.05, 4.69) is 26.2 Å². The number of hydrogen-bond acceptors (Lipinski definition) is 3. The summed E-state index contributed by atoms with van der Waals surface area (Å²) in [6.07, 6.45) is 0. The Morgan fingerprint density at radius 1 is 1.37 bits per heavy atom. The monoisotopic (exact) mass is 323 g/mol. The molecule has 4 nitrogen and oxygen atoms in total. The minimum Gasteiger partial charge on any atom is -0.384 e. The van der Waals surface area contributed by atoms with E-state index in [0.29, 0.717) is 21.4 Å². The van der Waals surface area contributed by atoms with Gasteiger partial charge in [-0.15, -0.1) is 0 Å². The Balaban J connectivity index is 2.25. The molecule has 1 amide bonds. The first-order valence-corrected chi connectivity index (χ1v) is 6.25. The molecule has 0 spiro atoms. The van der Waals surface area contributed by atoms with Crippen molar-refractivity contribution >= 4 is 33.3 Å². The molecule has 1 heterocycles. The number of carbonyl (C=O) groups is 1. The maximum atomic E-state index is 12.9. The van der Waals surface area contributed by atoms with Crippen LogP contribution in [0, 0.1) is 12.7 Å². The molecular weight excluding hydrogens is 313 g/mol. The Morgan fingerprint density at radius 3 is 2.74 bits per heavy atom. The number of aryl methyl sites for hydroxylation is 1. The highest BCUT2D eigenvalue weighted by Gasteiger charge is 2.10. The first-order chi connectivity index (χ1) is 8.95. The van der Waals surface area contributed by atoms with Crippen LogP contribution in [0.5, 0.6) is 0 Å². The lowest BCUT2D eigenvalue weighted by atomic mass is 10.2. The predicted octanol–water partition coefficient (Wildman–Crippen LogP) is 3.13. The Kier molecular flexibility index (Phi) is 3.80. The molecule has 98 valence electrons. The lowest BCUT2D eigenvalue weighted by Crippen LogP contribution is -2.13. The number of aromatic nitrogens is 1. The number of pyridine rings is 1. The van der Waals surface area contributed by atoms with E-state index in [1.54, 1.807) is 13.0 Å². The molecule has 0 aliphatic carbocycles. The van der Waals surface area contributed by atoms with Crippen molar-refractivity contribution < 1.29 is 9.18 Å². The van der Waals surface area contributed by atoms with Gasteiger partial charge < -0.3 is 11.1 Å². The number of carbonyl (C=O) groups excluding carboxylic acids is 1. The van der Waals surface area contributed by atoms with Crippen LogP contribution in [0.1, 0.15) is 16.1 Å². The maximum absolute atomic E-state index is 12.9. The number of anilines is 2. The van der Waals surface area contributed by atoms with Crippen LogP contribution >= 0.6 is 15.9 Å². The van der Waals surface area contributed by atoms with Gasteiger partial charge in [0.05, 0.1) is 5.69 Å². The molecule has 6 heteroatoms. The smallest absolute Gasteiger partial charge is 0.255 e. The van der Waals surface area contributed by atoms with Crippen LogP contribution in [0.3, 0.4) is 0 Å². The summed E-state index contributed by atoms with van der Waals surface area (Å²) >= 11 is 3.19. The van der Waals surface area contributed by atoms with Gasteiger partial charge in [-0.3, -0.25) is 4.79 Å². The second kappa shape index (κ2) is 5.36. The van der Waals surface area contributed by atoms with Crippen molar-refractivity contribution in [3.05, 3.63) is 51.9 Å². The SMILES string of the molecule is Cc1cc(C(=O)Nc2ccc(F)cc2Br)cc(N)n1. The highest BCUT2D eigenvalue weighted by Crippen LogP contribution is 2.23. The number of nitrogen functional groups attached to an aromatic ring is 1. The molecule has 0 aliphatic rings. The second-order valence-corrected chi connectivity index (χ2v) is 4.85. The third-order valence-corrected chi connectivity index (χ3v) is 3.07. The van der Waals surface area contributed by atoms with E-state index in [1.165, 1.54) is 24.3 Å². The highest BCUT2D eigenvalue weighted by molar-refractivity contribution is 9.10. The molecule has 0 saturated heterocycles. The molecule has 0 unspecified atom stereocenters. The molecule has 0 bridgehead atoms. The number of benzene rings is 1. The summed E-state index contributed by atoms with van der Waals surface area (Å²) in [4.78, 5) is 16.0. The average molecular weight is 324 g/mol. The van der Waals surface area contributed by atoms with Gasteiger partial charge in [0.15, 0.2) is 0 Å². The minimum atomic E-state index is -0.381. The van der Waals surface area contributed by atoms with Crippen molar-refractivity contribution in [1.29, 1.82) is 0 Å². The zero-order valence-electron chi connectivity index (χ0n) is 10.1. The zero-order valence-corrected chi connectivity index (χ0v) is 11.7. The first kappa shape index (κ1) is 13.5.